The molecule has 25 heavy (non-hydrogen) atoms. The van der Waals surface area contributed by atoms with Crippen LogP contribution in [-0.4, -0.2) is 57.6 Å². The number of aromatic nitrogens is 3. The molecule has 0 N–H and O–H groups in total. The van der Waals surface area contributed by atoms with Gasteiger partial charge in [-0.15, -0.1) is 16.8 Å². The molecule has 3 rings (SSSR count). The molecular weight excluding hydrogens is 336 g/mol. The summed E-state index contributed by atoms with van der Waals surface area (Å²) < 4.78 is 7.31. The van der Waals surface area contributed by atoms with E-state index in [1.54, 1.807) is 0 Å². The summed E-state index contributed by atoms with van der Waals surface area (Å²) in [6.45, 7) is 7.01. The molecular formula is C18H22N4O2S. The van der Waals surface area contributed by atoms with Gasteiger partial charge in [-0.05, 0) is 5.56 Å². The summed E-state index contributed by atoms with van der Waals surface area (Å²) in [6.07, 6.45) is 2.53. The Morgan fingerprint density at radius 1 is 1.24 bits per heavy atom. The maximum atomic E-state index is 12.3. The number of carbonyl (C=O) groups excluding carboxylic acids is 1. The first-order valence-electron chi connectivity index (χ1n) is 8.33. The van der Waals surface area contributed by atoms with E-state index in [2.05, 4.69) is 28.9 Å². The normalized spacial score (nSPS) is 14.5. The molecule has 0 atom stereocenters. The summed E-state index contributed by atoms with van der Waals surface area (Å²) in [5, 5.41) is 9.36. The van der Waals surface area contributed by atoms with E-state index in [1.807, 2.05) is 33.7 Å². The quantitative estimate of drug-likeness (QED) is 0.560. The fourth-order valence-corrected chi connectivity index (χ4v) is 3.55. The molecule has 0 saturated carbocycles. The van der Waals surface area contributed by atoms with Crippen molar-refractivity contribution in [1.82, 2.24) is 19.7 Å². The molecule has 1 aromatic carbocycles. The number of hydrogen-bond acceptors (Lipinski definition) is 5. The van der Waals surface area contributed by atoms with E-state index in [9.17, 15) is 4.79 Å². The van der Waals surface area contributed by atoms with Crippen LogP contribution in [0.5, 0.6) is 0 Å². The van der Waals surface area contributed by atoms with Crippen molar-refractivity contribution in [2.75, 3.05) is 32.1 Å². The van der Waals surface area contributed by atoms with Gasteiger partial charge >= 0.3 is 0 Å². The largest absolute Gasteiger partial charge is 0.378 e. The molecule has 6 nitrogen and oxygen atoms in total. The number of amides is 1. The maximum Gasteiger partial charge on any atom is 0.233 e. The van der Waals surface area contributed by atoms with E-state index in [4.69, 9.17) is 4.74 Å². The first-order chi connectivity index (χ1) is 12.3. The van der Waals surface area contributed by atoms with Crippen molar-refractivity contribution in [3.8, 4) is 0 Å². The first-order valence-corrected chi connectivity index (χ1v) is 9.31. The van der Waals surface area contributed by atoms with Gasteiger partial charge in [0.05, 0.1) is 19.0 Å². The van der Waals surface area contributed by atoms with Gasteiger partial charge in [-0.25, -0.2) is 0 Å². The number of allylic oxidation sites excluding steroid dienone is 1. The summed E-state index contributed by atoms with van der Waals surface area (Å²) in [5.41, 5.74) is 1.18. The van der Waals surface area contributed by atoms with Crippen LogP contribution in [0.1, 0.15) is 11.4 Å². The zero-order valence-corrected chi connectivity index (χ0v) is 15.0. The molecule has 0 spiro atoms. The highest BCUT2D eigenvalue weighted by Gasteiger charge is 2.19. The van der Waals surface area contributed by atoms with Crippen molar-refractivity contribution in [2.24, 2.45) is 0 Å². The lowest BCUT2D eigenvalue weighted by Crippen LogP contribution is -2.41. The number of nitrogens with zero attached hydrogens (tertiary/aromatic N) is 4. The second kappa shape index (κ2) is 8.82. The van der Waals surface area contributed by atoms with E-state index < -0.39 is 0 Å². The maximum absolute atomic E-state index is 12.3. The predicted octanol–water partition coefficient (Wildman–Crippen LogP) is 2.01. The topological polar surface area (TPSA) is 60.2 Å². The molecule has 1 amide bonds. The Morgan fingerprint density at radius 2 is 2.00 bits per heavy atom. The molecule has 0 unspecified atom stereocenters. The van der Waals surface area contributed by atoms with Crippen molar-refractivity contribution in [2.45, 2.75) is 18.1 Å². The van der Waals surface area contributed by atoms with Gasteiger partial charge < -0.3 is 14.2 Å². The van der Waals surface area contributed by atoms with Gasteiger partial charge in [-0.2, -0.15) is 0 Å². The van der Waals surface area contributed by atoms with Gasteiger partial charge in [0, 0.05) is 26.1 Å². The molecule has 1 fully saturated rings. The number of morpholine rings is 1. The van der Waals surface area contributed by atoms with Crippen molar-refractivity contribution in [3.05, 3.63) is 54.4 Å². The van der Waals surface area contributed by atoms with Gasteiger partial charge in [0.25, 0.3) is 0 Å². The Labute approximate surface area is 151 Å². The van der Waals surface area contributed by atoms with Crippen LogP contribution in [0.4, 0.5) is 0 Å². The van der Waals surface area contributed by atoms with E-state index in [1.165, 1.54) is 17.3 Å². The minimum absolute atomic E-state index is 0.117. The minimum Gasteiger partial charge on any atom is -0.378 e. The Balaban J connectivity index is 1.66. The van der Waals surface area contributed by atoms with Crippen molar-refractivity contribution in [3.63, 3.8) is 0 Å². The molecule has 0 radical (unpaired) electrons. The highest BCUT2D eigenvalue weighted by atomic mass is 32.2. The van der Waals surface area contributed by atoms with E-state index >= 15 is 0 Å². The van der Waals surface area contributed by atoms with Gasteiger partial charge in [-0.3, -0.25) is 4.79 Å². The molecule has 0 aliphatic carbocycles. The third-order valence-corrected chi connectivity index (χ3v) is 4.95. The van der Waals surface area contributed by atoms with Gasteiger partial charge in [0.2, 0.25) is 5.91 Å². The molecule has 1 aromatic heterocycles. The smallest absolute Gasteiger partial charge is 0.233 e. The number of ether oxygens (including phenoxy) is 1. The van der Waals surface area contributed by atoms with Crippen LogP contribution < -0.4 is 0 Å². The van der Waals surface area contributed by atoms with E-state index in [0.717, 1.165) is 11.0 Å². The molecule has 1 aliphatic heterocycles. The second-order valence-electron chi connectivity index (χ2n) is 5.74. The number of benzene rings is 1. The molecule has 1 aliphatic rings. The zero-order valence-electron chi connectivity index (χ0n) is 14.1. The number of rotatable bonds is 7. The summed E-state index contributed by atoms with van der Waals surface area (Å²) in [7, 11) is 0. The summed E-state index contributed by atoms with van der Waals surface area (Å²) >= 11 is 1.43. The summed E-state index contributed by atoms with van der Waals surface area (Å²) in [5.74, 6) is 1.36. The Hall–Kier alpha value is -2.12. The van der Waals surface area contributed by atoms with Crippen molar-refractivity contribution >= 4 is 17.7 Å². The lowest BCUT2D eigenvalue weighted by atomic mass is 10.1. The molecule has 0 bridgehead atoms. The summed E-state index contributed by atoms with van der Waals surface area (Å²) in [6, 6.07) is 10.2. The average molecular weight is 358 g/mol. The molecule has 132 valence electrons. The standard InChI is InChI=1S/C18H22N4O2S/c1-2-8-22-16(13-15-6-4-3-5-7-15)19-20-18(22)25-14-17(23)21-9-11-24-12-10-21/h2-7H,1,8-14H2. The Morgan fingerprint density at radius 3 is 2.72 bits per heavy atom. The van der Waals surface area contributed by atoms with Crippen LogP contribution in [0.2, 0.25) is 0 Å². The Bertz CT molecular complexity index is 711. The lowest BCUT2D eigenvalue weighted by Gasteiger charge is -2.26. The van der Waals surface area contributed by atoms with E-state index in [0.29, 0.717) is 45.0 Å². The van der Waals surface area contributed by atoms with Crippen LogP contribution in [0.25, 0.3) is 0 Å². The van der Waals surface area contributed by atoms with Gasteiger partial charge in [-0.1, -0.05) is 48.2 Å². The summed E-state index contributed by atoms with van der Waals surface area (Å²) in [4.78, 5) is 14.2. The van der Waals surface area contributed by atoms with Crippen LogP contribution in [-0.2, 0) is 22.5 Å². The number of thioether (sulfide) groups is 1. The van der Waals surface area contributed by atoms with Crippen LogP contribution in [0, 0.1) is 0 Å². The molecule has 7 heteroatoms. The third kappa shape index (κ3) is 4.70. The SMILES string of the molecule is C=CCn1c(Cc2ccccc2)nnc1SCC(=O)N1CCOCC1. The second-order valence-corrected chi connectivity index (χ2v) is 6.68. The third-order valence-electron chi connectivity index (χ3n) is 4.00. The molecule has 2 heterocycles. The average Bonchev–Trinajstić information content (AvgIpc) is 3.03. The van der Waals surface area contributed by atoms with Gasteiger partial charge in [0.15, 0.2) is 5.16 Å². The fraction of sp³-hybridized carbons (Fsp3) is 0.389. The molecule has 2 aromatic rings. The van der Waals surface area contributed by atoms with Gasteiger partial charge in [0.1, 0.15) is 5.82 Å². The lowest BCUT2D eigenvalue weighted by molar-refractivity contribution is -0.132. The molecule has 1 saturated heterocycles. The monoisotopic (exact) mass is 358 g/mol. The number of hydrogen-bond donors (Lipinski definition) is 0. The fourth-order valence-electron chi connectivity index (χ4n) is 2.68. The number of carbonyl (C=O) groups is 1. The van der Waals surface area contributed by atoms with Crippen molar-refractivity contribution < 1.29 is 9.53 Å². The van der Waals surface area contributed by atoms with Crippen LogP contribution >= 0.6 is 11.8 Å². The first kappa shape index (κ1) is 17.7. The Kier molecular flexibility index (Phi) is 6.25. The minimum atomic E-state index is 0.117. The van der Waals surface area contributed by atoms with E-state index in [-0.39, 0.29) is 5.91 Å². The highest BCUT2D eigenvalue weighted by Crippen LogP contribution is 2.19. The van der Waals surface area contributed by atoms with Crippen LogP contribution in [0.3, 0.4) is 0 Å². The predicted molar refractivity (Wildman–Crippen MR) is 97.6 cm³/mol. The van der Waals surface area contributed by atoms with Crippen LogP contribution in [0.15, 0.2) is 48.1 Å². The zero-order chi connectivity index (χ0) is 17.5. The van der Waals surface area contributed by atoms with Crippen molar-refractivity contribution in [1.29, 1.82) is 0 Å². The highest BCUT2D eigenvalue weighted by molar-refractivity contribution is 7.99.